The predicted octanol–water partition coefficient (Wildman–Crippen LogP) is 4.02. The van der Waals surface area contributed by atoms with Crippen molar-refractivity contribution in [2.45, 2.75) is 39.4 Å². The van der Waals surface area contributed by atoms with Crippen LogP contribution in [0.3, 0.4) is 0 Å². The standard InChI is InChI=1S/C23H30N4O.HI/c1-3-24-23(26(2)17-19-9-5-4-6-10-19)25-16-20-11-7-12-21(15-20)18-27-14-8-13-22(27)28;/h4-7,9-12,15H,3,8,13-14,16-18H2,1-2H3,(H,24,25);1H. The van der Waals surface area contributed by atoms with Crippen LogP contribution < -0.4 is 5.32 Å². The molecule has 0 atom stereocenters. The fraction of sp³-hybridized carbons (Fsp3) is 0.391. The Morgan fingerprint density at radius 2 is 1.83 bits per heavy atom. The van der Waals surface area contributed by atoms with Crippen LogP contribution in [0.5, 0.6) is 0 Å². The highest BCUT2D eigenvalue weighted by molar-refractivity contribution is 14.0. The van der Waals surface area contributed by atoms with E-state index in [-0.39, 0.29) is 29.9 Å². The molecule has 6 heteroatoms. The molecule has 3 rings (SSSR count). The molecule has 0 saturated carbocycles. The zero-order valence-electron chi connectivity index (χ0n) is 17.3. The second-order valence-corrected chi connectivity index (χ2v) is 7.25. The molecule has 1 aliphatic heterocycles. The highest BCUT2D eigenvalue weighted by Crippen LogP contribution is 2.15. The van der Waals surface area contributed by atoms with E-state index >= 15 is 0 Å². The van der Waals surface area contributed by atoms with E-state index in [1.165, 1.54) is 11.1 Å². The molecule has 0 radical (unpaired) electrons. The second-order valence-electron chi connectivity index (χ2n) is 7.25. The Morgan fingerprint density at radius 1 is 1.10 bits per heavy atom. The highest BCUT2D eigenvalue weighted by Gasteiger charge is 2.19. The van der Waals surface area contributed by atoms with Crippen LogP contribution in [0.4, 0.5) is 0 Å². The summed E-state index contributed by atoms with van der Waals surface area (Å²) in [6.45, 7) is 5.90. The lowest BCUT2D eigenvalue weighted by molar-refractivity contribution is -0.128. The van der Waals surface area contributed by atoms with Gasteiger partial charge in [-0.25, -0.2) is 4.99 Å². The number of carbonyl (C=O) groups excluding carboxylic acids is 1. The summed E-state index contributed by atoms with van der Waals surface area (Å²) >= 11 is 0. The van der Waals surface area contributed by atoms with Gasteiger partial charge in [0.05, 0.1) is 6.54 Å². The first-order valence-corrected chi connectivity index (χ1v) is 10.0. The van der Waals surface area contributed by atoms with Crippen molar-refractivity contribution < 1.29 is 4.79 Å². The Hall–Kier alpha value is -2.09. The van der Waals surface area contributed by atoms with Gasteiger partial charge < -0.3 is 15.1 Å². The van der Waals surface area contributed by atoms with E-state index in [4.69, 9.17) is 4.99 Å². The van der Waals surface area contributed by atoms with Gasteiger partial charge >= 0.3 is 0 Å². The van der Waals surface area contributed by atoms with Gasteiger partial charge in [0.15, 0.2) is 5.96 Å². The zero-order valence-corrected chi connectivity index (χ0v) is 19.6. The summed E-state index contributed by atoms with van der Waals surface area (Å²) in [5.41, 5.74) is 3.59. The molecule has 29 heavy (non-hydrogen) atoms. The minimum Gasteiger partial charge on any atom is -0.357 e. The van der Waals surface area contributed by atoms with Crippen molar-refractivity contribution in [3.8, 4) is 0 Å². The number of hydrogen-bond acceptors (Lipinski definition) is 2. The van der Waals surface area contributed by atoms with Crippen LogP contribution in [0.1, 0.15) is 36.5 Å². The molecular weight excluding hydrogens is 475 g/mol. The normalized spacial score (nSPS) is 13.9. The number of amides is 1. The number of benzene rings is 2. The first-order chi connectivity index (χ1) is 13.7. The second kappa shape index (κ2) is 11.8. The van der Waals surface area contributed by atoms with Crippen molar-refractivity contribution >= 4 is 35.8 Å². The molecule has 1 aliphatic rings. The van der Waals surface area contributed by atoms with E-state index in [0.29, 0.717) is 19.5 Å². The van der Waals surface area contributed by atoms with Crippen molar-refractivity contribution in [3.05, 3.63) is 71.3 Å². The summed E-state index contributed by atoms with van der Waals surface area (Å²) in [7, 11) is 2.06. The highest BCUT2D eigenvalue weighted by atomic mass is 127. The van der Waals surface area contributed by atoms with Crippen molar-refractivity contribution in [1.29, 1.82) is 0 Å². The molecule has 1 fully saturated rings. The average Bonchev–Trinajstić information content (AvgIpc) is 3.10. The number of aliphatic imine (C=N–C) groups is 1. The van der Waals surface area contributed by atoms with Gasteiger partial charge in [0.2, 0.25) is 5.91 Å². The number of hydrogen-bond donors (Lipinski definition) is 1. The SMILES string of the molecule is CCNC(=NCc1cccc(CN2CCCC2=O)c1)N(C)Cc1ccccc1.I. The van der Waals surface area contributed by atoms with Crippen LogP contribution >= 0.6 is 24.0 Å². The number of rotatable bonds is 7. The lowest BCUT2D eigenvalue weighted by atomic mass is 10.1. The summed E-state index contributed by atoms with van der Waals surface area (Å²) < 4.78 is 0. The zero-order chi connectivity index (χ0) is 19.8. The van der Waals surface area contributed by atoms with Crippen molar-refractivity contribution in [2.24, 2.45) is 4.99 Å². The number of likely N-dealkylation sites (tertiary alicyclic amines) is 1. The molecule has 5 nitrogen and oxygen atoms in total. The largest absolute Gasteiger partial charge is 0.357 e. The average molecular weight is 506 g/mol. The quantitative estimate of drug-likeness (QED) is 0.351. The van der Waals surface area contributed by atoms with E-state index in [9.17, 15) is 4.79 Å². The molecule has 1 heterocycles. The molecule has 0 aliphatic carbocycles. The van der Waals surface area contributed by atoms with Gasteiger partial charge in [-0.1, -0.05) is 54.6 Å². The Bertz CT molecular complexity index is 810. The molecule has 156 valence electrons. The number of nitrogens with zero attached hydrogens (tertiary/aromatic N) is 3. The Balaban J connectivity index is 0.00000300. The van der Waals surface area contributed by atoms with Gasteiger partial charge in [0.25, 0.3) is 0 Å². The molecular formula is C23H31IN4O. The lowest BCUT2D eigenvalue weighted by Crippen LogP contribution is -2.38. The van der Waals surface area contributed by atoms with Crippen molar-refractivity contribution in [2.75, 3.05) is 20.1 Å². The van der Waals surface area contributed by atoms with Gasteiger partial charge in [-0.15, -0.1) is 24.0 Å². The van der Waals surface area contributed by atoms with Crippen molar-refractivity contribution in [3.63, 3.8) is 0 Å². The third kappa shape index (κ3) is 7.03. The molecule has 2 aromatic carbocycles. The van der Waals surface area contributed by atoms with Gasteiger partial charge in [-0.2, -0.15) is 0 Å². The van der Waals surface area contributed by atoms with Gasteiger partial charge in [0, 0.05) is 39.6 Å². The molecule has 0 unspecified atom stereocenters. The first-order valence-electron chi connectivity index (χ1n) is 10.0. The van der Waals surface area contributed by atoms with Crippen LogP contribution in [-0.2, 0) is 24.4 Å². The molecule has 0 spiro atoms. The number of nitrogens with one attached hydrogen (secondary N) is 1. The van der Waals surface area contributed by atoms with E-state index in [1.54, 1.807) is 0 Å². The van der Waals surface area contributed by atoms with Crippen LogP contribution in [-0.4, -0.2) is 41.8 Å². The Morgan fingerprint density at radius 3 is 2.52 bits per heavy atom. The monoisotopic (exact) mass is 506 g/mol. The smallest absolute Gasteiger partial charge is 0.222 e. The molecule has 1 amide bonds. The number of halogens is 1. The van der Waals surface area contributed by atoms with E-state index < -0.39 is 0 Å². The fourth-order valence-corrected chi connectivity index (χ4v) is 3.49. The molecule has 0 bridgehead atoms. The number of carbonyl (C=O) groups is 1. The number of guanidine groups is 1. The maximum Gasteiger partial charge on any atom is 0.222 e. The minimum atomic E-state index is 0. The fourth-order valence-electron chi connectivity index (χ4n) is 3.49. The minimum absolute atomic E-state index is 0. The summed E-state index contributed by atoms with van der Waals surface area (Å²) in [5.74, 6) is 1.16. The maximum atomic E-state index is 11.9. The van der Waals surface area contributed by atoms with E-state index in [0.717, 1.165) is 37.6 Å². The maximum absolute atomic E-state index is 11.9. The summed E-state index contributed by atoms with van der Waals surface area (Å²) in [6, 6.07) is 18.8. The van der Waals surface area contributed by atoms with Gasteiger partial charge in [-0.05, 0) is 30.0 Å². The Labute approximate surface area is 191 Å². The predicted molar refractivity (Wildman–Crippen MR) is 129 cm³/mol. The van der Waals surface area contributed by atoms with E-state index in [1.807, 2.05) is 11.0 Å². The first kappa shape index (κ1) is 23.2. The third-order valence-electron chi connectivity index (χ3n) is 4.91. The summed E-state index contributed by atoms with van der Waals surface area (Å²) in [5, 5.41) is 3.38. The van der Waals surface area contributed by atoms with Crippen LogP contribution in [0.2, 0.25) is 0 Å². The topological polar surface area (TPSA) is 47.9 Å². The van der Waals surface area contributed by atoms with E-state index in [2.05, 4.69) is 72.7 Å². The summed E-state index contributed by atoms with van der Waals surface area (Å²) in [6.07, 6.45) is 1.66. The Kier molecular flexibility index (Phi) is 9.44. The summed E-state index contributed by atoms with van der Waals surface area (Å²) in [4.78, 5) is 20.8. The lowest BCUT2D eigenvalue weighted by Gasteiger charge is -2.22. The molecule has 2 aromatic rings. The molecule has 1 N–H and O–H groups in total. The van der Waals surface area contributed by atoms with Crippen LogP contribution in [0.25, 0.3) is 0 Å². The van der Waals surface area contributed by atoms with Gasteiger partial charge in [0.1, 0.15) is 0 Å². The van der Waals surface area contributed by atoms with Crippen LogP contribution in [0, 0.1) is 0 Å². The molecule has 0 aromatic heterocycles. The third-order valence-corrected chi connectivity index (χ3v) is 4.91. The molecule has 1 saturated heterocycles. The van der Waals surface area contributed by atoms with Crippen molar-refractivity contribution in [1.82, 2.24) is 15.1 Å². The van der Waals surface area contributed by atoms with Gasteiger partial charge in [-0.3, -0.25) is 4.79 Å². The van der Waals surface area contributed by atoms with Crippen LogP contribution in [0.15, 0.2) is 59.6 Å².